The highest BCUT2D eigenvalue weighted by Gasteiger charge is 2.75. The molecule has 18 heteroatoms. The molecule has 4 aromatic rings. The van der Waals surface area contributed by atoms with Gasteiger partial charge in [-0.05, 0) is 63.1 Å². The van der Waals surface area contributed by atoms with Crippen LogP contribution in [0.25, 0.3) is 5.82 Å². The van der Waals surface area contributed by atoms with E-state index in [4.69, 9.17) is 11.6 Å². The van der Waals surface area contributed by atoms with E-state index in [0.717, 1.165) is 16.3 Å². The summed E-state index contributed by atoms with van der Waals surface area (Å²) in [5, 5.41) is 15.7. The molecule has 45 heavy (non-hydrogen) atoms. The lowest BCUT2D eigenvalue weighted by atomic mass is 10.0. The fraction of sp³-hybridized carbons (Fsp3) is 0.333. The monoisotopic (exact) mass is 660 g/mol. The number of pyridine rings is 1. The van der Waals surface area contributed by atoms with Gasteiger partial charge in [-0.2, -0.15) is 31.4 Å². The van der Waals surface area contributed by atoms with Crippen LogP contribution in [0.4, 0.5) is 36.4 Å². The summed E-state index contributed by atoms with van der Waals surface area (Å²) in [6.45, 7) is 6.31. The minimum Gasteiger partial charge on any atom is -0.350 e. The normalized spacial score (nSPS) is 12.5. The number of alkyl halides is 7. The smallest absolute Gasteiger partial charge is 0.350 e. The SMILES string of the molecule is Cc1cc(C)c(NC(=O)c2cc(Cn3cc(C(F)(C(F)(F)F)C(F)(F)F)nn3)nn2-c2ncccc2Cl)c(C(=O)NC(C)C)c1. The van der Waals surface area contributed by atoms with E-state index in [1.54, 1.807) is 39.8 Å². The minimum absolute atomic E-state index is 0.0327. The summed E-state index contributed by atoms with van der Waals surface area (Å²) in [6.07, 6.45) is -11.3. The van der Waals surface area contributed by atoms with Gasteiger partial charge in [0.15, 0.2) is 5.82 Å². The molecule has 0 unspecified atom stereocenters. The molecule has 1 aromatic carbocycles. The fourth-order valence-electron chi connectivity index (χ4n) is 4.34. The van der Waals surface area contributed by atoms with Crippen molar-refractivity contribution < 1.29 is 40.3 Å². The molecule has 2 amide bonds. The van der Waals surface area contributed by atoms with E-state index in [2.05, 4.69) is 31.0 Å². The molecule has 0 radical (unpaired) electrons. The van der Waals surface area contributed by atoms with Gasteiger partial charge in [-0.1, -0.05) is 22.9 Å². The Morgan fingerprint density at radius 2 is 1.67 bits per heavy atom. The molecule has 4 rings (SSSR count). The van der Waals surface area contributed by atoms with E-state index >= 15 is 0 Å². The molecule has 10 nitrogen and oxygen atoms in total. The Hall–Kier alpha value is -4.54. The summed E-state index contributed by atoms with van der Waals surface area (Å²) in [5.74, 6) is -1.33. The van der Waals surface area contributed by atoms with Crippen molar-refractivity contribution >= 4 is 29.1 Å². The number of hydrogen-bond acceptors (Lipinski definition) is 6. The van der Waals surface area contributed by atoms with Crippen LogP contribution < -0.4 is 10.6 Å². The van der Waals surface area contributed by atoms with E-state index in [9.17, 15) is 40.3 Å². The molecule has 3 heterocycles. The molecule has 0 saturated heterocycles. The van der Waals surface area contributed by atoms with Crippen molar-refractivity contribution in [1.29, 1.82) is 0 Å². The predicted molar refractivity (Wildman–Crippen MR) is 147 cm³/mol. The second kappa shape index (κ2) is 12.1. The van der Waals surface area contributed by atoms with Gasteiger partial charge in [0.1, 0.15) is 11.4 Å². The predicted octanol–water partition coefficient (Wildman–Crippen LogP) is 5.86. The van der Waals surface area contributed by atoms with Gasteiger partial charge >= 0.3 is 18.0 Å². The second-order valence-electron chi connectivity index (χ2n) is 10.3. The molecule has 2 N–H and O–H groups in total. The number of nitrogens with zero attached hydrogens (tertiary/aromatic N) is 6. The number of anilines is 1. The Balaban J connectivity index is 1.75. The second-order valence-corrected chi connectivity index (χ2v) is 10.7. The molecule has 0 aliphatic heterocycles. The molecular formula is C27H24ClF7N8O2. The zero-order valence-corrected chi connectivity index (χ0v) is 24.6. The summed E-state index contributed by atoms with van der Waals surface area (Å²) in [6, 6.07) is 7.17. The molecule has 0 bridgehead atoms. The Labute approximate surface area is 255 Å². The summed E-state index contributed by atoms with van der Waals surface area (Å²) in [5.41, 5.74) is -6.55. The number of amides is 2. The molecule has 3 aromatic heterocycles. The summed E-state index contributed by atoms with van der Waals surface area (Å²) >= 11 is 6.27. The fourth-order valence-corrected chi connectivity index (χ4v) is 4.55. The largest absolute Gasteiger partial charge is 0.437 e. The summed E-state index contributed by atoms with van der Waals surface area (Å²) in [4.78, 5) is 30.7. The van der Waals surface area contributed by atoms with E-state index < -0.39 is 42.1 Å². The average Bonchev–Trinajstić information content (AvgIpc) is 3.55. The average molecular weight is 661 g/mol. The molecular weight excluding hydrogens is 637 g/mol. The maximum absolute atomic E-state index is 14.5. The molecule has 0 saturated carbocycles. The van der Waals surface area contributed by atoms with Gasteiger partial charge in [0, 0.05) is 12.2 Å². The number of aryl methyl sites for hydroxylation is 2. The van der Waals surface area contributed by atoms with Crippen molar-refractivity contribution in [2.75, 3.05) is 5.32 Å². The minimum atomic E-state index is -6.38. The van der Waals surface area contributed by atoms with Crippen molar-refractivity contribution in [2.45, 2.75) is 58.3 Å². The van der Waals surface area contributed by atoms with Crippen LogP contribution in [0, 0.1) is 13.8 Å². The molecule has 0 spiro atoms. The van der Waals surface area contributed by atoms with Crippen LogP contribution in [-0.4, -0.2) is 60.0 Å². The van der Waals surface area contributed by atoms with Gasteiger partial charge in [0.25, 0.3) is 11.8 Å². The first-order valence-electron chi connectivity index (χ1n) is 13.0. The van der Waals surface area contributed by atoms with Crippen molar-refractivity contribution in [1.82, 2.24) is 35.1 Å². The first-order chi connectivity index (χ1) is 20.8. The van der Waals surface area contributed by atoms with Crippen LogP contribution >= 0.6 is 11.6 Å². The summed E-state index contributed by atoms with van der Waals surface area (Å²) < 4.78 is 95.1. The van der Waals surface area contributed by atoms with E-state index in [1.165, 1.54) is 18.3 Å². The third kappa shape index (κ3) is 6.62. The highest BCUT2D eigenvalue weighted by atomic mass is 35.5. The van der Waals surface area contributed by atoms with Crippen molar-refractivity contribution in [3.63, 3.8) is 0 Å². The zero-order valence-electron chi connectivity index (χ0n) is 23.8. The molecule has 240 valence electrons. The van der Waals surface area contributed by atoms with Crippen LogP contribution in [0.15, 0.2) is 42.7 Å². The number of carbonyl (C=O) groups excluding carboxylic acids is 2. The zero-order chi connectivity index (χ0) is 33.5. The number of nitrogens with one attached hydrogen (secondary N) is 2. The lowest BCUT2D eigenvalue weighted by molar-refractivity contribution is -0.350. The van der Waals surface area contributed by atoms with E-state index in [-0.39, 0.29) is 45.7 Å². The lowest BCUT2D eigenvalue weighted by Gasteiger charge is -2.27. The number of benzene rings is 1. The Kier molecular flexibility index (Phi) is 8.97. The van der Waals surface area contributed by atoms with Crippen molar-refractivity contribution in [3.05, 3.63) is 81.5 Å². The Morgan fingerprint density at radius 1 is 1.00 bits per heavy atom. The highest BCUT2D eigenvalue weighted by molar-refractivity contribution is 6.32. The summed E-state index contributed by atoms with van der Waals surface area (Å²) in [7, 11) is 0. The maximum Gasteiger partial charge on any atom is 0.437 e. The number of aromatic nitrogens is 6. The number of carbonyl (C=O) groups is 2. The molecule has 0 aliphatic carbocycles. The molecule has 0 fully saturated rings. The molecule has 0 atom stereocenters. The number of rotatable bonds is 8. The van der Waals surface area contributed by atoms with Gasteiger partial charge in [-0.3, -0.25) is 9.59 Å². The van der Waals surface area contributed by atoms with Crippen LogP contribution in [0.5, 0.6) is 0 Å². The number of hydrogen-bond donors (Lipinski definition) is 2. The third-order valence-corrected chi connectivity index (χ3v) is 6.61. The first-order valence-corrected chi connectivity index (χ1v) is 13.4. The number of halogens is 8. The van der Waals surface area contributed by atoms with Crippen LogP contribution in [0.3, 0.4) is 0 Å². The maximum atomic E-state index is 14.5. The lowest BCUT2D eigenvalue weighted by Crippen LogP contribution is -2.50. The standard InChI is InChI=1S/C27H24ClF7N8O2/c1-13(2)37-23(44)17-9-14(3)8-15(4)21(17)38-24(45)19-10-16(40-43(19)22-18(28)6-5-7-36-22)11-42-12-20(39-41-42)25(29,26(30,31)32)27(33,34)35/h5-10,12-13H,11H2,1-4H3,(H,37,44)(H,38,45). The van der Waals surface area contributed by atoms with Gasteiger partial charge < -0.3 is 10.6 Å². The van der Waals surface area contributed by atoms with Crippen molar-refractivity contribution in [2.24, 2.45) is 0 Å². The van der Waals surface area contributed by atoms with Crippen LogP contribution in [0.1, 0.15) is 57.2 Å². The Morgan fingerprint density at radius 3 is 2.27 bits per heavy atom. The van der Waals surface area contributed by atoms with E-state index in [0.29, 0.717) is 10.2 Å². The van der Waals surface area contributed by atoms with Gasteiger partial charge in [0.05, 0.1) is 34.7 Å². The van der Waals surface area contributed by atoms with Gasteiger partial charge in [-0.25, -0.2) is 18.7 Å². The highest BCUT2D eigenvalue weighted by Crippen LogP contribution is 2.52. The van der Waals surface area contributed by atoms with Gasteiger partial charge in [0.2, 0.25) is 0 Å². The van der Waals surface area contributed by atoms with Crippen molar-refractivity contribution in [3.8, 4) is 5.82 Å². The van der Waals surface area contributed by atoms with Crippen LogP contribution in [0.2, 0.25) is 5.02 Å². The quantitative estimate of drug-likeness (QED) is 0.229. The molecule has 0 aliphatic rings. The van der Waals surface area contributed by atoms with E-state index in [1.807, 2.05) is 0 Å². The Bertz CT molecular complexity index is 1730. The topological polar surface area (TPSA) is 120 Å². The van der Waals surface area contributed by atoms with Gasteiger partial charge in [-0.15, -0.1) is 5.10 Å². The third-order valence-electron chi connectivity index (χ3n) is 6.31. The first kappa shape index (κ1) is 33.4. The van der Waals surface area contributed by atoms with Crippen LogP contribution in [-0.2, 0) is 12.2 Å².